The van der Waals surface area contributed by atoms with E-state index in [4.69, 9.17) is 22.1 Å². The second-order valence-corrected chi connectivity index (χ2v) is 9.51. The van der Waals surface area contributed by atoms with Crippen molar-refractivity contribution in [1.29, 1.82) is 0 Å². The van der Waals surface area contributed by atoms with Crippen molar-refractivity contribution in [3.63, 3.8) is 0 Å². The van der Waals surface area contributed by atoms with E-state index in [1.54, 1.807) is 37.3 Å². The molecular weight excluding hydrogens is 478 g/mol. The Balaban J connectivity index is 1.78. The number of amides is 1. The molecule has 0 unspecified atom stereocenters. The lowest BCUT2D eigenvalue weighted by molar-refractivity contribution is 0.0526. The predicted octanol–water partition coefficient (Wildman–Crippen LogP) is 4.54. The van der Waals surface area contributed by atoms with Gasteiger partial charge in [0.15, 0.2) is 0 Å². The summed E-state index contributed by atoms with van der Waals surface area (Å²) < 4.78 is 32.9. The molecule has 4 rings (SSSR count). The monoisotopic (exact) mass is 497 g/mol. The van der Waals surface area contributed by atoms with Crippen LogP contribution in [0.2, 0.25) is 5.02 Å². The summed E-state index contributed by atoms with van der Waals surface area (Å²) >= 11 is 6.09. The fraction of sp³-hybridized carbons (Fsp3) is 0.0833. The van der Waals surface area contributed by atoms with Gasteiger partial charge in [0, 0.05) is 10.4 Å². The van der Waals surface area contributed by atoms with Crippen LogP contribution in [0, 0.1) is 0 Å². The van der Waals surface area contributed by atoms with Crippen LogP contribution in [0.1, 0.15) is 27.8 Å². The Morgan fingerprint density at radius 2 is 1.76 bits per heavy atom. The average molecular weight is 498 g/mol. The van der Waals surface area contributed by atoms with E-state index in [0.29, 0.717) is 15.9 Å². The van der Waals surface area contributed by atoms with E-state index in [0.717, 1.165) is 3.97 Å². The molecule has 1 aromatic heterocycles. The Bertz CT molecular complexity index is 1510. The van der Waals surface area contributed by atoms with Crippen LogP contribution in [0.3, 0.4) is 0 Å². The van der Waals surface area contributed by atoms with Crippen molar-refractivity contribution in [2.45, 2.75) is 11.8 Å². The first-order chi connectivity index (χ1) is 16.2. The van der Waals surface area contributed by atoms with Gasteiger partial charge in [-0.15, -0.1) is 0 Å². The fourth-order valence-electron chi connectivity index (χ4n) is 3.48. The Kier molecular flexibility index (Phi) is 6.32. The maximum Gasteiger partial charge on any atom is 0.338 e. The fourth-order valence-corrected chi connectivity index (χ4v) is 5.19. The molecule has 174 valence electrons. The second-order valence-electron chi connectivity index (χ2n) is 7.29. The van der Waals surface area contributed by atoms with E-state index in [2.05, 4.69) is 5.32 Å². The van der Waals surface area contributed by atoms with Crippen molar-refractivity contribution in [2.24, 2.45) is 0 Å². The number of esters is 1. The first kappa shape index (κ1) is 23.3. The first-order valence-corrected chi connectivity index (χ1v) is 12.0. The maximum absolute atomic E-state index is 13.5. The molecule has 10 heteroatoms. The van der Waals surface area contributed by atoms with Gasteiger partial charge in [0.1, 0.15) is 5.69 Å². The molecule has 0 saturated carbocycles. The van der Waals surface area contributed by atoms with Crippen molar-refractivity contribution in [3.05, 3.63) is 89.1 Å². The summed E-state index contributed by atoms with van der Waals surface area (Å²) in [7, 11) is -4.12. The van der Waals surface area contributed by atoms with Gasteiger partial charge in [-0.05, 0) is 61.5 Å². The zero-order valence-electron chi connectivity index (χ0n) is 18.0. The standard InChI is InChI=1S/C24H20ClN3O5S/c1-2-33-24(30)15-8-10-20(19(26)13-15)27-23(29)22-14-16-12-17(25)9-11-21(16)28(22)34(31,32)18-6-4-3-5-7-18/h3-14H,2,26H2,1H3,(H,27,29). The number of nitrogens with one attached hydrogen (secondary N) is 1. The summed E-state index contributed by atoms with van der Waals surface area (Å²) in [5, 5.41) is 3.50. The Hall–Kier alpha value is -3.82. The number of halogens is 1. The molecule has 3 aromatic carbocycles. The summed E-state index contributed by atoms with van der Waals surface area (Å²) in [6.07, 6.45) is 0. The quantitative estimate of drug-likeness (QED) is 0.298. The molecule has 0 spiro atoms. The summed E-state index contributed by atoms with van der Waals surface area (Å²) in [5.74, 6) is -1.25. The zero-order chi connectivity index (χ0) is 24.5. The van der Waals surface area contributed by atoms with E-state index in [1.807, 2.05) is 0 Å². The lowest BCUT2D eigenvalue weighted by Gasteiger charge is -2.13. The number of carbonyl (C=O) groups is 2. The lowest BCUT2D eigenvalue weighted by atomic mass is 10.1. The predicted molar refractivity (Wildman–Crippen MR) is 131 cm³/mol. The van der Waals surface area contributed by atoms with Crippen LogP contribution < -0.4 is 11.1 Å². The molecule has 1 heterocycles. The number of rotatable bonds is 6. The number of aromatic nitrogens is 1. The molecule has 0 aliphatic rings. The Labute approximate surface area is 200 Å². The summed E-state index contributed by atoms with van der Waals surface area (Å²) in [6, 6.07) is 18.2. The number of benzene rings is 3. The van der Waals surface area contributed by atoms with Crippen LogP contribution in [0.4, 0.5) is 11.4 Å². The van der Waals surface area contributed by atoms with Crippen LogP contribution in [0.25, 0.3) is 10.9 Å². The van der Waals surface area contributed by atoms with Gasteiger partial charge in [-0.2, -0.15) is 0 Å². The first-order valence-electron chi connectivity index (χ1n) is 10.2. The number of hydrogen-bond donors (Lipinski definition) is 2. The third kappa shape index (κ3) is 4.35. The third-order valence-corrected chi connectivity index (χ3v) is 7.02. The van der Waals surface area contributed by atoms with E-state index >= 15 is 0 Å². The van der Waals surface area contributed by atoms with Gasteiger partial charge in [-0.3, -0.25) is 4.79 Å². The number of ether oxygens (including phenoxy) is 1. The molecule has 0 aliphatic heterocycles. The molecule has 1 amide bonds. The normalized spacial score (nSPS) is 11.4. The van der Waals surface area contributed by atoms with Gasteiger partial charge in [0.2, 0.25) is 0 Å². The van der Waals surface area contributed by atoms with Crippen LogP contribution in [0.5, 0.6) is 0 Å². The summed E-state index contributed by atoms with van der Waals surface area (Å²) in [6.45, 7) is 1.90. The molecule has 3 N–H and O–H groups in total. The highest BCUT2D eigenvalue weighted by Crippen LogP contribution is 2.29. The highest BCUT2D eigenvalue weighted by Gasteiger charge is 2.27. The highest BCUT2D eigenvalue weighted by molar-refractivity contribution is 7.90. The van der Waals surface area contributed by atoms with E-state index in [9.17, 15) is 18.0 Å². The number of nitrogens with two attached hydrogens (primary N) is 1. The average Bonchev–Trinajstić information content (AvgIpc) is 3.20. The van der Waals surface area contributed by atoms with Gasteiger partial charge >= 0.3 is 5.97 Å². The van der Waals surface area contributed by atoms with Gasteiger partial charge < -0.3 is 15.8 Å². The molecule has 0 bridgehead atoms. The van der Waals surface area contributed by atoms with Crippen LogP contribution >= 0.6 is 11.6 Å². The molecule has 8 nitrogen and oxygen atoms in total. The largest absolute Gasteiger partial charge is 0.462 e. The number of fused-ring (bicyclic) bond motifs is 1. The van der Waals surface area contributed by atoms with Gasteiger partial charge in [0.25, 0.3) is 15.9 Å². The van der Waals surface area contributed by atoms with E-state index in [-0.39, 0.29) is 34.1 Å². The molecule has 0 saturated heterocycles. The minimum absolute atomic E-state index is 0.0230. The molecule has 34 heavy (non-hydrogen) atoms. The van der Waals surface area contributed by atoms with Gasteiger partial charge in [-0.25, -0.2) is 17.2 Å². The van der Waals surface area contributed by atoms with Crippen LogP contribution in [0.15, 0.2) is 77.7 Å². The molecular formula is C24H20ClN3O5S. The van der Waals surface area contributed by atoms with Gasteiger partial charge in [-0.1, -0.05) is 29.8 Å². The number of anilines is 2. The number of carbonyl (C=O) groups excluding carboxylic acids is 2. The molecule has 4 aromatic rings. The second kappa shape index (κ2) is 9.20. The Morgan fingerprint density at radius 1 is 1.03 bits per heavy atom. The van der Waals surface area contributed by atoms with Crippen molar-refractivity contribution in [3.8, 4) is 0 Å². The number of hydrogen-bond acceptors (Lipinski definition) is 6. The SMILES string of the molecule is CCOC(=O)c1ccc(NC(=O)c2cc3cc(Cl)ccc3n2S(=O)(=O)c2ccccc2)c(N)c1. The van der Waals surface area contributed by atoms with Crippen LogP contribution in [-0.2, 0) is 14.8 Å². The lowest BCUT2D eigenvalue weighted by Crippen LogP contribution is -2.22. The van der Waals surface area contributed by atoms with Crippen molar-refractivity contribution >= 4 is 55.8 Å². The van der Waals surface area contributed by atoms with Gasteiger partial charge in [0.05, 0.1) is 34.0 Å². The van der Waals surface area contributed by atoms with Crippen molar-refractivity contribution in [1.82, 2.24) is 3.97 Å². The number of nitrogens with zero attached hydrogens (tertiary/aromatic N) is 1. The third-order valence-electron chi connectivity index (χ3n) is 5.04. The Morgan fingerprint density at radius 3 is 2.44 bits per heavy atom. The maximum atomic E-state index is 13.5. The molecule has 0 radical (unpaired) electrons. The van der Waals surface area contributed by atoms with E-state index in [1.165, 1.54) is 42.5 Å². The topological polar surface area (TPSA) is 120 Å². The minimum Gasteiger partial charge on any atom is -0.462 e. The molecule has 0 atom stereocenters. The van der Waals surface area contributed by atoms with E-state index < -0.39 is 21.9 Å². The smallest absolute Gasteiger partial charge is 0.338 e. The zero-order valence-corrected chi connectivity index (χ0v) is 19.6. The number of nitrogen functional groups attached to an aromatic ring is 1. The van der Waals surface area contributed by atoms with Crippen molar-refractivity contribution < 1.29 is 22.7 Å². The van der Waals surface area contributed by atoms with Crippen molar-refractivity contribution in [2.75, 3.05) is 17.7 Å². The molecule has 0 fully saturated rings. The summed E-state index contributed by atoms with van der Waals surface area (Å²) in [5.41, 5.74) is 6.76. The minimum atomic E-state index is -4.12. The van der Waals surface area contributed by atoms with Crippen LogP contribution in [-0.4, -0.2) is 30.9 Å². The molecule has 0 aliphatic carbocycles. The highest BCUT2D eigenvalue weighted by atomic mass is 35.5. The summed E-state index contributed by atoms with van der Waals surface area (Å²) in [4.78, 5) is 25.2.